The van der Waals surface area contributed by atoms with E-state index in [1.807, 2.05) is 6.92 Å². The molecule has 0 spiro atoms. The highest BCUT2D eigenvalue weighted by atomic mass is 16.5. The van der Waals surface area contributed by atoms with Gasteiger partial charge in [-0.15, -0.1) is 0 Å². The van der Waals surface area contributed by atoms with Gasteiger partial charge in [-0.05, 0) is 36.0 Å². The van der Waals surface area contributed by atoms with Crippen molar-refractivity contribution >= 4 is 5.97 Å². The van der Waals surface area contributed by atoms with E-state index in [9.17, 15) is 4.79 Å². The third kappa shape index (κ3) is 2.27. The van der Waals surface area contributed by atoms with E-state index in [1.54, 1.807) is 7.11 Å². The summed E-state index contributed by atoms with van der Waals surface area (Å²) in [5, 5.41) is 0. The van der Waals surface area contributed by atoms with Crippen LogP contribution in [-0.4, -0.2) is 26.3 Å². The average molecular weight is 248 g/mol. The van der Waals surface area contributed by atoms with Crippen molar-refractivity contribution in [2.24, 2.45) is 5.92 Å². The summed E-state index contributed by atoms with van der Waals surface area (Å²) in [5.74, 6) is -0.272. The van der Waals surface area contributed by atoms with E-state index in [-0.39, 0.29) is 18.0 Å². The molecule has 0 radical (unpaired) electrons. The summed E-state index contributed by atoms with van der Waals surface area (Å²) >= 11 is 0. The van der Waals surface area contributed by atoms with Crippen LogP contribution in [0.2, 0.25) is 0 Å². The zero-order chi connectivity index (χ0) is 13.1. The quantitative estimate of drug-likeness (QED) is 0.718. The number of carbonyl (C=O) groups excluding carboxylic acids is 1. The Hall–Kier alpha value is -1.35. The molecule has 2 atom stereocenters. The van der Waals surface area contributed by atoms with Gasteiger partial charge in [-0.1, -0.05) is 25.2 Å². The molecule has 0 saturated heterocycles. The number of fused-ring (bicyclic) bond motifs is 1. The van der Waals surface area contributed by atoms with Crippen molar-refractivity contribution in [2.45, 2.75) is 32.3 Å². The van der Waals surface area contributed by atoms with E-state index in [2.05, 4.69) is 18.2 Å². The van der Waals surface area contributed by atoms with Crippen molar-refractivity contribution in [3.63, 3.8) is 0 Å². The molecule has 0 aromatic heterocycles. The Kier molecular flexibility index (Phi) is 4.02. The number of esters is 1. The van der Waals surface area contributed by atoms with Crippen LogP contribution in [0.5, 0.6) is 0 Å². The SMILES string of the molecule is CCC(C(=O)OC)C1=CCC2=CC(OC)CC=C21. The van der Waals surface area contributed by atoms with Crippen LogP contribution < -0.4 is 0 Å². The molecule has 2 aliphatic rings. The van der Waals surface area contributed by atoms with Crippen LogP contribution in [0, 0.1) is 5.92 Å². The summed E-state index contributed by atoms with van der Waals surface area (Å²) in [5.41, 5.74) is 3.64. The Morgan fingerprint density at radius 3 is 2.83 bits per heavy atom. The molecule has 2 rings (SSSR count). The molecule has 0 amide bonds. The van der Waals surface area contributed by atoms with Gasteiger partial charge in [-0.2, -0.15) is 0 Å². The second-order valence-corrected chi connectivity index (χ2v) is 4.67. The average Bonchev–Trinajstić information content (AvgIpc) is 2.82. The molecule has 2 unspecified atom stereocenters. The van der Waals surface area contributed by atoms with Gasteiger partial charge < -0.3 is 9.47 Å². The third-order valence-corrected chi connectivity index (χ3v) is 3.71. The molecule has 98 valence electrons. The predicted octanol–water partition coefficient (Wildman–Crippen LogP) is 2.79. The summed E-state index contributed by atoms with van der Waals surface area (Å²) in [4.78, 5) is 11.8. The Labute approximate surface area is 108 Å². The van der Waals surface area contributed by atoms with Crippen LogP contribution in [0.1, 0.15) is 26.2 Å². The van der Waals surface area contributed by atoms with Crippen molar-refractivity contribution < 1.29 is 14.3 Å². The molecule has 0 aromatic rings. The minimum absolute atomic E-state index is 0.133. The van der Waals surface area contributed by atoms with Gasteiger partial charge in [0.2, 0.25) is 0 Å². The summed E-state index contributed by atoms with van der Waals surface area (Å²) in [6.45, 7) is 2.02. The second-order valence-electron chi connectivity index (χ2n) is 4.67. The molecule has 0 aliphatic heterocycles. The van der Waals surface area contributed by atoms with Gasteiger partial charge in [0.05, 0.1) is 19.1 Å². The third-order valence-electron chi connectivity index (χ3n) is 3.71. The van der Waals surface area contributed by atoms with E-state index >= 15 is 0 Å². The highest BCUT2D eigenvalue weighted by Crippen LogP contribution is 2.39. The van der Waals surface area contributed by atoms with Crippen LogP contribution in [0.15, 0.2) is 34.9 Å². The maximum absolute atomic E-state index is 11.8. The lowest BCUT2D eigenvalue weighted by Gasteiger charge is -2.21. The topological polar surface area (TPSA) is 35.5 Å². The van der Waals surface area contributed by atoms with Crippen molar-refractivity contribution in [3.8, 4) is 0 Å². The van der Waals surface area contributed by atoms with Gasteiger partial charge in [0.25, 0.3) is 0 Å². The van der Waals surface area contributed by atoms with Gasteiger partial charge in [-0.3, -0.25) is 4.79 Å². The van der Waals surface area contributed by atoms with Crippen LogP contribution in [0.3, 0.4) is 0 Å². The minimum atomic E-state index is -0.139. The van der Waals surface area contributed by atoms with Crippen molar-refractivity contribution in [1.82, 2.24) is 0 Å². The summed E-state index contributed by atoms with van der Waals surface area (Å²) in [6.07, 6.45) is 9.24. The van der Waals surface area contributed by atoms with Crippen LogP contribution in [-0.2, 0) is 14.3 Å². The van der Waals surface area contributed by atoms with Gasteiger partial charge in [0.1, 0.15) is 0 Å². The molecule has 3 nitrogen and oxygen atoms in total. The van der Waals surface area contributed by atoms with Gasteiger partial charge in [0.15, 0.2) is 0 Å². The number of ether oxygens (including phenoxy) is 2. The van der Waals surface area contributed by atoms with Crippen molar-refractivity contribution in [3.05, 3.63) is 34.9 Å². The zero-order valence-electron chi connectivity index (χ0n) is 11.2. The normalized spacial score (nSPS) is 23.7. The second kappa shape index (κ2) is 5.53. The van der Waals surface area contributed by atoms with Gasteiger partial charge >= 0.3 is 5.97 Å². The first-order valence-corrected chi connectivity index (χ1v) is 6.43. The molecule has 0 heterocycles. The Bertz CT molecular complexity index is 429. The van der Waals surface area contributed by atoms with Crippen molar-refractivity contribution in [1.29, 1.82) is 0 Å². The van der Waals surface area contributed by atoms with Crippen LogP contribution in [0.25, 0.3) is 0 Å². The van der Waals surface area contributed by atoms with E-state index in [4.69, 9.17) is 9.47 Å². The molecule has 3 heteroatoms. The van der Waals surface area contributed by atoms with E-state index in [0.29, 0.717) is 0 Å². The minimum Gasteiger partial charge on any atom is -0.469 e. The number of hydrogen-bond donors (Lipinski definition) is 0. The maximum atomic E-state index is 11.8. The van der Waals surface area contributed by atoms with E-state index in [0.717, 1.165) is 24.8 Å². The molecule has 0 aromatic carbocycles. The zero-order valence-corrected chi connectivity index (χ0v) is 11.2. The van der Waals surface area contributed by atoms with Crippen molar-refractivity contribution in [2.75, 3.05) is 14.2 Å². The predicted molar refractivity (Wildman–Crippen MR) is 70.1 cm³/mol. The summed E-state index contributed by atoms with van der Waals surface area (Å²) in [6, 6.07) is 0. The first kappa shape index (κ1) is 13.1. The molecule has 0 saturated carbocycles. The smallest absolute Gasteiger partial charge is 0.313 e. The number of hydrogen-bond acceptors (Lipinski definition) is 3. The monoisotopic (exact) mass is 248 g/mol. The number of carbonyl (C=O) groups is 1. The number of allylic oxidation sites excluding steroid dienone is 3. The molecule has 2 aliphatic carbocycles. The summed E-state index contributed by atoms with van der Waals surface area (Å²) in [7, 11) is 3.18. The fourth-order valence-electron chi connectivity index (χ4n) is 2.71. The fraction of sp³-hybridized carbons (Fsp3) is 0.533. The summed E-state index contributed by atoms with van der Waals surface area (Å²) < 4.78 is 10.2. The fourth-order valence-corrected chi connectivity index (χ4v) is 2.71. The number of methoxy groups -OCH3 is 2. The standard InChI is InChI=1S/C15H20O3/c1-4-12(15(16)18-3)14-7-5-10-9-11(17-2)6-8-13(10)14/h7-9,11-12H,4-6H2,1-3H3. The molecular weight excluding hydrogens is 228 g/mol. The van der Waals surface area contributed by atoms with Crippen LogP contribution >= 0.6 is 0 Å². The highest BCUT2D eigenvalue weighted by Gasteiger charge is 2.30. The molecule has 0 fully saturated rings. The molecule has 0 N–H and O–H groups in total. The van der Waals surface area contributed by atoms with E-state index in [1.165, 1.54) is 18.3 Å². The van der Waals surface area contributed by atoms with E-state index < -0.39 is 0 Å². The molecule has 18 heavy (non-hydrogen) atoms. The maximum Gasteiger partial charge on any atom is 0.313 e. The first-order valence-electron chi connectivity index (χ1n) is 6.43. The van der Waals surface area contributed by atoms with Gasteiger partial charge in [0, 0.05) is 7.11 Å². The Morgan fingerprint density at radius 2 is 2.22 bits per heavy atom. The lowest BCUT2D eigenvalue weighted by molar-refractivity contribution is -0.144. The molecule has 0 bridgehead atoms. The highest BCUT2D eigenvalue weighted by molar-refractivity contribution is 5.79. The largest absolute Gasteiger partial charge is 0.469 e. The Morgan fingerprint density at radius 1 is 1.44 bits per heavy atom. The Balaban J connectivity index is 2.21. The lowest BCUT2D eigenvalue weighted by atomic mass is 9.87. The van der Waals surface area contributed by atoms with Crippen LogP contribution in [0.4, 0.5) is 0 Å². The first-order chi connectivity index (χ1) is 8.71. The molecular formula is C15H20O3. The van der Waals surface area contributed by atoms with Gasteiger partial charge in [-0.25, -0.2) is 0 Å². The lowest BCUT2D eigenvalue weighted by Crippen LogP contribution is -2.19. The number of rotatable bonds is 4.